The van der Waals surface area contributed by atoms with E-state index in [1.807, 2.05) is 0 Å². The third-order valence-corrected chi connectivity index (χ3v) is 12.1. The van der Waals surface area contributed by atoms with E-state index in [0.29, 0.717) is 18.4 Å². The Hall–Kier alpha value is -5.53. The number of hydrogen-bond donors (Lipinski definition) is 0. The van der Waals surface area contributed by atoms with Crippen molar-refractivity contribution in [2.75, 3.05) is 0 Å². The number of fused-ring (bicyclic) bond motifs is 7. The molecule has 3 atom stereocenters. The highest BCUT2D eigenvalue weighted by Gasteiger charge is 2.51. The van der Waals surface area contributed by atoms with E-state index in [4.69, 9.17) is 4.99 Å². The fraction of sp³-hybridized carbons (Fsp3) is 0.212. The minimum absolute atomic E-state index is 0.347. The van der Waals surface area contributed by atoms with E-state index in [9.17, 15) is 0 Å². The van der Waals surface area contributed by atoms with Gasteiger partial charge in [0.05, 0.1) is 17.7 Å². The minimum atomic E-state index is -0.347. The number of aliphatic imine (C=N–C) groups is 1. The summed E-state index contributed by atoms with van der Waals surface area (Å²) in [6.45, 7) is 5.43. The third-order valence-electron chi connectivity index (χ3n) is 12.1. The first kappa shape index (κ1) is 33.3. The molecule has 53 heavy (non-hydrogen) atoms. The third kappa shape index (κ3) is 5.93. The predicted molar refractivity (Wildman–Crippen MR) is 223 cm³/mol. The van der Waals surface area contributed by atoms with Crippen molar-refractivity contribution in [1.29, 1.82) is 0 Å². The van der Waals surface area contributed by atoms with Crippen LogP contribution in [-0.2, 0) is 12.0 Å². The van der Waals surface area contributed by atoms with Crippen LogP contribution in [0.4, 0.5) is 0 Å². The lowest BCUT2D eigenvalue weighted by Gasteiger charge is -2.44. The van der Waals surface area contributed by atoms with Gasteiger partial charge in [0.1, 0.15) is 0 Å². The van der Waals surface area contributed by atoms with Crippen LogP contribution in [0, 0.1) is 12.8 Å². The Kier molecular flexibility index (Phi) is 8.88. The van der Waals surface area contributed by atoms with Crippen molar-refractivity contribution in [1.82, 2.24) is 0 Å². The van der Waals surface area contributed by atoms with Crippen molar-refractivity contribution >= 4 is 11.8 Å². The van der Waals surface area contributed by atoms with Gasteiger partial charge in [-0.25, -0.2) is 0 Å². The molecular weight excluding hydrogens is 639 g/mol. The smallest absolute Gasteiger partial charge is 0.0712 e. The molecule has 5 aromatic carbocycles. The van der Waals surface area contributed by atoms with E-state index in [1.165, 1.54) is 55.7 Å². The molecule has 0 saturated carbocycles. The SMILES string of the molecule is Cc1ccccc1C1CC=CC2=C1CC(C)CC1=C(C=CCC1)C21c2ccccc2-c2cc(/C=C/C(=N\Cc3ccccc3)c3ccccc3)ccc21. The molecule has 1 nitrogen and oxygen atoms in total. The summed E-state index contributed by atoms with van der Waals surface area (Å²) in [4.78, 5) is 5.11. The van der Waals surface area contributed by atoms with E-state index < -0.39 is 0 Å². The summed E-state index contributed by atoms with van der Waals surface area (Å²) in [6, 6.07) is 46.7. The lowest BCUT2D eigenvalue weighted by Crippen LogP contribution is -2.35. The summed E-state index contributed by atoms with van der Waals surface area (Å²) in [7, 11) is 0. The van der Waals surface area contributed by atoms with Crippen LogP contribution in [0.1, 0.15) is 83.9 Å². The number of aryl methyl sites for hydroxylation is 1. The second kappa shape index (κ2) is 14.1. The molecule has 260 valence electrons. The molecule has 0 heterocycles. The van der Waals surface area contributed by atoms with Crippen LogP contribution in [-0.4, -0.2) is 5.71 Å². The van der Waals surface area contributed by atoms with Gasteiger partial charge in [0.2, 0.25) is 0 Å². The average Bonchev–Trinajstić information content (AvgIpc) is 3.49. The zero-order valence-electron chi connectivity index (χ0n) is 30.9. The summed E-state index contributed by atoms with van der Waals surface area (Å²) in [6.07, 6.45) is 20.1. The first-order valence-corrected chi connectivity index (χ1v) is 19.5. The van der Waals surface area contributed by atoms with Crippen molar-refractivity contribution in [2.45, 2.75) is 63.8 Å². The van der Waals surface area contributed by atoms with E-state index >= 15 is 0 Å². The molecule has 0 aliphatic heterocycles. The summed E-state index contributed by atoms with van der Waals surface area (Å²) in [5.74, 6) is 0.980. The monoisotopic (exact) mass is 685 g/mol. The van der Waals surface area contributed by atoms with Crippen molar-refractivity contribution in [3.63, 3.8) is 0 Å². The standard InChI is InChI=1S/C52H47N/c1-36-32-41-21-10-13-25-47(41)52(49-27-15-24-43(45(49)33-36)42-22-11-9-16-37(42)2)48-26-14-12-23-44(48)46-34-38(28-30-50(46)52)29-31-51(40-19-7-4-8-20-40)53-35-39-17-5-3-6-18-39/h3-9,11-20,22-23,25-31,34,36,43H,10,21,24,32-33,35H2,1-2H3/b31-29+,53-51+. The van der Waals surface area contributed by atoms with Crippen LogP contribution in [0.5, 0.6) is 0 Å². The van der Waals surface area contributed by atoms with Gasteiger partial charge in [-0.05, 0) is 118 Å². The number of allylic oxidation sites excluding steroid dienone is 9. The Morgan fingerprint density at radius 1 is 0.736 bits per heavy atom. The van der Waals surface area contributed by atoms with E-state index in [2.05, 4.69) is 178 Å². The predicted octanol–water partition coefficient (Wildman–Crippen LogP) is 13.1. The van der Waals surface area contributed by atoms with Crippen molar-refractivity contribution < 1.29 is 0 Å². The molecule has 0 saturated heterocycles. The van der Waals surface area contributed by atoms with Crippen LogP contribution in [0.3, 0.4) is 0 Å². The van der Waals surface area contributed by atoms with Gasteiger partial charge in [-0.3, -0.25) is 4.99 Å². The molecule has 4 aliphatic rings. The quantitative estimate of drug-likeness (QED) is 0.158. The Morgan fingerprint density at radius 3 is 2.32 bits per heavy atom. The van der Waals surface area contributed by atoms with Crippen molar-refractivity contribution in [2.24, 2.45) is 10.9 Å². The Bertz CT molecular complexity index is 2360. The highest BCUT2D eigenvalue weighted by molar-refractivity contribution is 6.10. The summed E-state index contributed by atoms with van der Waals surface area (Å²) in [5.41, 5.74) is 18.9. The maximum atomic E-state index is 5.11. The van der Waals surface area contributed by atoms with Crippen LogP contribution in [0.2, 0.25) is 0 Å². The first-order valence-electron chi connectivity index (χ1n) is 19.5. The molecule has 1 heteroatoms. The molecule has 0 bridgehead atoms. The van der Waals surface area contributed by atoms with Crippen LogP contribution >= 0.6 is 0 Å². The molecule has 0 N–H and O–H groups in total. The maximum Gasteiger partial charge on any atom is 0.0712 e. The summed E-state index contributed by atoms with van der Waals surface area (Å²) < 4.78 is 0. The number of rotatable bonds is 6. The van der Waals surface area contributed by atoms with Gasteiger partial charge < -0.3 is 0 Å². The maximum absolute atomic E-state index is 5.11. The molecule has 4 aliphatic carbocycles. The second-order valence-electron chi connectivity index (χ2n) is 15.4. The van der Waals surface area contributed by atoms with E-state index in [-0.39, 0.29) is 5.41 Å². The molecule has 0 amide bonds. The van der Waals surface area contributed by atoms with Gasteiger partial charge in [0.25, 0.3) is 0 Å². The molecule has 3 unspecified atom stereocenters. The zero-order chi connectivity index (χ0) is 35.8. The molecule has 0 radical (unpaired) electrons. The minimum Gasteiger partial charge on any atom is -0.280 e. The van der Waals surface area contributed by atoms with E-state index in [0.717, 1.165) is 43.4 Å². The Labute approximate surface area is 315 Å². The zero-order valence-corrected chi connectivity index (χ0v) is 30.9. The lowest BCUT2D eigenvalue weighted by molar-refractivity contribution is 0.505. The molecule has 0 fully saturated rings. The largest absolute Gasteiger partial charge is 0.280 e. The summed E-state index contributed by atoms with van der Waals surface area (Å²) >= 11 is 0. The molecule has 1 spiro atoms. The summed E-state index contributed by atoms with van der Waals surface area (Å²) in [5, 5.41) is 0. The van der Waals surface area contributed by atoms with Gasteiger partial charge >= 0.3 is 0 Å². The Morgan fingerprint density at radius 2 is 1.47 bits per heavy atom. The van der Waals surface area contributed by atoms with Gasteiger partial charge in [-0.2, -0.15) is 0 Å². The van der Waals surface area contributed by atoms with E-state index in [1.54, 1.807) is 11.1 Å². The van der Waals surface area contributed by atoms with Crippen LogP contribution in [0.15, 0.2) is 185 Å². The fourth-order valence-electron chi connectivity index (χ4n) is 9.77. The van der Waals surface area contributed by atoms with Gasteiger partial charge in [-0.15, -0.1) is 0 Å². The molecule has 5 aromatic rings. The van der Waals surface area contributed by atoms with Gasteiger partial charge in [0.15, 0.2) is 0 Å². The topological polar surface area (TPSA) is 12.4 Å². The van der Waals surface area contributed by atoms with Gasteiger partial charge in [0, 0.05) is 5.92 Å². The highest BCUT2D eigenvalue weighted by atomic mass is 14.7. The average molecular weight is 686 g/mol. The number of hydrogen-bond acceptors (Lipinski definition) is 1. The molecule has 0 aromatic heterocycles. The first-order chi connectivity index (χ1) is 26.1. The van der Waals surface area contributed by atoms with Crippen molar-refractivity contribution in [3.05, 3.63) is 219 Å². The van der Waals surface area contributed by atoms with Crippen molar-refractivity contribution in [3.8, 4) is 11.1 Å². The normalized spacial score (nSPS) is 22.0. The van der Waals surface area contributed by atoms with Crippen LogP contribution < -0.4 is 0 Å². The highest BCUT2D eigenvalue weighted by Crippen LogP contribution is 2.62. The number of benzene rings is 5. The lowest BCUT2D eigenvalue weighted by atomic mass is 9.58. The Balaban J connectivity index is 1.22. The molecule has 9 rings (SSSR count). The number of nitrogens with zero attached hydrogens (tertiary/aromatic N) is 1. The second-order valence-corrected chi connectivity index (χ2v) is 15.4. The van der Waals surface area contributed by atoms with Gasteiger partial charge in [-0.1, -0.05) is 170 Å². The molecular formula is C52H47N. The van der Waals surface area contributed by atoms with Crippen LogP contribution in [0.25, 0.3) is 17.2 Å². The fourth-order valence-corrected chi connectivity index (χ4v) is 9.77.